The summed E-state index contributed by atoms with van der Waals surface area (Å²) in [5.41, 5.74) is -12.4. The minimum absolute atomic E-state index is 0.199. The van der Waals surface area contributed by atoms with E-state index in [0.29, 0.717) is 22.4 Å². The molecule has 69 heavy (non-hydrogen) atoms. The van der Waals surface area contributed by atoms with Crippen molar-refractivity contribution in [1.82, 2.24) is 0 Å². The molecule has 0 heterocycles. The fourth-order valence-electron chi connectivity index (χ4n) is 8.56. The van der Waals surface area contributed by atoms with Crippen LogP contribution in [-0.4, -0.2) is 46.6 Å². The van der Waals surface area contributed by atoms with Gasteiger partial charge in [-0.2, -0.15) is 91.2 Å². The van der Waals surface area contributed by atoms with E-state index in [1.807, 2.05) is 24.3 Å². The van der Waals surface area contributed by atoms with Crippen molar-refractivity contribution in [3.05, 3.63) is 131 Å². The van der Waals surface area contributed by atoms with E-state index in [0.717, 1.165) is 86.8 Å². The van der Waals surface area contributed by atoms with Crippen LogP contribution in [-0.2, 0) is 31.7 Å². The van der Waals surface area contributed by atoms with E-state index >= 15 is 0 Å². The van der Waals surface area contributed by atoms with E-state index in [1.54, 1.807) is 43.3 Å². The number of aryl methyl sites for hydroxylation is 1. The summed E-state index contributed by atoms with van der Waals surface area (Å²) in [7, 11) is 11.0. The van der Waals surface area contributed by atoms with Gasteiger partial charge >= 0.3 is 74.9 Å². The minimum atomic E-state index is -6.63. The van der Waals surface area contributed by atoms with Crippen molar-refractivity contribution in [2.45, 2.75) is 106 Å². The summed E-state index contributed by atoms with van der Waals surface area (Å²) < 4.78 is 240. The van der Waals surface area contributed by atoms with Gasteiger partial charge in [0, 0.05) is 9.52 Å². The Hall–Kier alpha value is -3.48. The number of hydrogen-bond donors (Lipinski definition) is 0. The third kappa shape index (κ3) is 11.7. The van der Waals surface area contributed by atoms with E-state index in [9.17, 15) is 79.0 Å². The van der Waals surface area contributed by atoms with E-state index in [1.165, 1.54) is 6.42 Å². The molecule has 1 saturated carbocycles. The second-order valence-corrected chi connectivity index (χ2v) is 20.7. The topological polar surface area (TPSA) is 0 Å². The van der Waals surface area contributed by atoms with Crippen molar-refractivity contribution in [1.29, 1.82) is 0 Å². The van der Waals surface area contributed by atoms with Crippen molar-refractivity contribution < 1.29 is 99.9 Å². The Bertz CT molecular complexity index is 2500. The summed E-state index contributed by atoms with van der Waals surface area (Å²) in [5.74, 6) is 0.377. The molecule has 0 aromatic heterocycles. The fourth-order valence-corrected chi connectivity index (χ4v) is 8.56. The SMILES string of the molecule is C[Si]C.Cc1cc2c(-c3ccc(C(C(F)(F)F)(C(F)(F)F)C(F)(F)F)cc3)cccc2[cH-]1.FC(F)(F)C(c1ccc(-c2cccc3[cH-]c(C4CCCCC4)cc23)cc1)(C(F)(F)F)C(F)(F)F.[Cl][Zr+2][Cl]. The quantitative estimate of drug-likeness (QED) is 0.0917. The molecule has 2 radical (unpaired) electrons. The van der Waals surface area contributed by atoms with E-state index in [2.05, 4.69) is 13.1 Å². The average molecular weight is 1140 g/mol. The molecule has 6 aromatic carbocycles. The zero-order valence-corrected chi connectivity index (χ0v) is 41.0. The molecule has 1 fully saturated rings. The van der Waals surface area contributed by atoms with Gasteiger partial charge in [0.2, 0.25) is 0 Å². The summed E-state index contributed by atoms with van der Waals surface area (Å²) in [6.45, 7) is 6.11. The molecule has 374 valence electrons. The third-order valence-corrected chi connectivity index (χ3v) is 11.6. The Morgan fingerprint density at radius 2 is 0.797 bits per heavy atom. The zero-order chi connectivity index (χ0) is 52.2. The van der Waals surface area contributed by atoms with Crippen LogP contribution >= 0.6 is 17.0 Å². The van der Waals surface area contributed by atoms with Gasteiger partial charge in [-0.15, -0.1) is 69.1 Å². The summed E-state index contributed by atoms with van der Waals surface area (Å²) in [6.07, 6.45) is -34.3. The first kappa shape index (κ1) is 58.1. The summed E-state index contributed by atoms with van der Waals surface area (Å²) in [4.78, 5) is 0. The third-order valence-electron chi connectivity index (χ3n) is 11.6. The van der Waals surface area contributed by atoms with Crippen LogP contribution in [0.4, 0.5) is 79.0 Å². The van der Waals surface area contributed by atoms with Crippen LogP contribution < -0.4 is 0 Å². The molecular weight excluding hydrogens is 1100 g/mol. The number of benzene rings is 4. The fraction of sp³-hybridized carbons (Fsp3) is 0.362. The van der Waals surface area contributed by atoms with Gasteiger partial charge < -0.3 is 0 Å². The number of fused-ring (bicyclic) bond motifs is 2. The van der Waals surface area contributed by atoms with E-state index in [-0.39, 0.29) is 35.4 Å². The average Bonchev–Trinajstić information content (AvgIpc) is 3.83. The number of hydrogen-bond acceptors (Lipinski definition) is 0. The van der Waals surface area contributed by atoms with Crippen LogP contribution in [0.5, 0.6) is 0 Å². The van der Waals surface area contributed by atoms with Crippen LogP contribution in [0.15, 0.2) is 109 Å². The predicted molar refractivity (Wildman–Crippen MR) is 229 cm³/mol. The van der Waals surface area contributed by atoms with Crippen molar-refractivity contribution >= 4 is 48.1 Å². The van der Waals surface area contributed by atoms with Crippen LogP contribution in [0, 0.1) is 6.92 Å². The van der Waals surface area contributed by atoms with Crippen LogP contribution in [0.1, 0.15) is 60.3 Å². The van der Waals surface area contributed by atoms with E-state index < -0.39 is 79.9 Å². The van der Waals surface area contributed by atoms with Gasteiger partial charge in [0.25, 0.3) is 10.8 Å². The molecule has 1 aliphatic carbocycles. The molecule has 0 aliphatic heterocycles. The van der Waals surface area contributed by atoms with Crippen LogP contribution in [0.3, 0.4) is 0 Å². The first-order chi connectivity index (χ1) is 31.8. The molecule has 7 rings (SSSR count). The molecule has 6 aromatic rings. The first-order valence-electron chi connectivity index (χ1n) is 20.3. The molecule has 0 N–H and O–H groups in total. The first-order valence-corrected chi connectivity index (χ1v) is 28.7. The maximum atomic E-state index is 13.4. The zero-order valence-electron chi connectivity index (χ0n) is 36.1. The number of rotatable bonds is 5. The summed E-state index contributed by atoms with van der Waals surface area (Å²) >= 11 is -0.826. The second kappa shape index (κ2) is 22.1. The summed E-state index contributed by atoms with van der Waals surface area (Å²) in [6, 6.07) is 22.2. The Morgan fingerprint density at radius 1 is 0.478 bits per heavy atom. The van der Waals surface area contributed by atoms with Crippen molar-refractivity contribution in [3.63, 3.8) is 0 Å². The molecule has 0 amide bonds. The Morgan fingerprint density at radius 3 is 1.13 bits per heavy atom. The van der Waals surface area contributed by atoms with Crippen molar-refractivity contribution in [2.75, 3.05) is 0 Å². The predicted octanol–water partition coefficient (Wildman–Crippen LogP) is 18.8. The maximum absolute atomic E-state index is 13.4. The number of halogens is 20. The Labute approximate surface area is 405 Å². The molecule has 1 aliphatic rings. The molecule has 0 spiro atoms. The molecule has 0 atom stereocenters. The van der Waals surface area contributed by atoms with Gasteiger partial charge in [0.05, 0.1) is 0 Å². The molecule has 0 saturated heterocycles. The second-order valence-electron chi connectivity index (χ2n) is 16.0. The van der Waals surface area contributed by atoms with Gasteiger partial charge in [0.1, 0.15) is 0 Å². The van der Waals surface area contributed by atoms with Crippen LogP contribution in [0.25, 0.3) is 43.8 Å². The standard InChI is InChI=1S/C25H20F9.C20H12F9.C2H6Si.2ClH.Zr/c26-23(27,28)22(24(29,30)31,25(32,33)34)19-11-9-16(10-12-19)20-8-4-7-17-13-18(14-21(17)20)15-5-2-1-3-6-15;1-11-9-13-3-2-4-15(16(13)10-11)12-5-7-14(8-6-12)17(18(21,22)23,19(24,25)26)20(27,28)29;1-3-2;;;/h4,7-15H,1-3,5-6H2;2-10H,1H3;1-2H3;2*1H;/q2*-1;;;;+4/p-2. The van der Waals surface area contributed by atoms with Gasteiger partial charge in [-0.3, -0.25) is 0 Å². The Kier molecular flexibility index (Phi) is 18.6. The molecular formula is C47H38Cl2F18SiZr. The monoisotopic (exact) mass is 1130 g/mol. The normalized spacial score (nSPS) is 14.5. The van der Waals surface area contributed by atoms with Crippen LogP contribution in [0.2, 0.25) is 13.1 Å². The van der Waals surface area contributed by atoms with Gasteiger partial charge in [-0.25, -0.2) is 0 Å². The molecule has 0 bridgehead atoms. The number of alkyl halides is 18. The van der Waals surface area contributed by atoms with Gasteiger partial charge in [0.15, 0.2) is 0 Å². The van der Waals surface area contributed by atoms with E-state index in [4.69, 9.17) is 17.0 Å². The van der Waals surface area contributed by atoms with Crippen molar-refractivity contribution in [3.8, 4) is 22.3 Å². The molecule has 0 nitrogen and oxygen atoms in total. The molecule has 0 unspecified atom stereocenters. The summed E-state index contributed by atoms with van der Waals surface area (Å²) in [5, 5.41) is 3.09. The van der Waals surface area contributed by atoms with Crippen molar-refractivity contribution in [2.24, 2.45) is 0 Å². The molecule has 22 heteroatoms. The Balaban J connectivity index is 0.000000273. The van der Waals surface area contributed by atoms with Gasteiger partial charge in [-0.05, 0) is 41.0 Å². The van der Waals surface area contributed by atoms with Gasteiger partial charge in [-0.1, -0.05) is 111 Å².